The molecule has 7 aliphatic rings. The third-order valence-corrected chi connectivity index (χ3v) is 19.9. The Bertz CT molecular complexity index is 2820. The van der Waals surface area contributed by atoms with Gasteiger partial charge in [-0.25, -0.2) is 0 Å². The van der Waals surface area contributed by atoms with Gasteiger partial charge in [0.2, 0.25) is 17.6 Å². The summed E-state index contributed by atoms with van der Waals surface area (Å²) in [5.41, 5.74) is 2.90. The number of aliphatic hydroxyl groups is 1. The average Bonchev–Trinajstić information content (AvgIpc) is 3.06. The van der Waals surface area contributed by atoms with Crippen LogP contribution in [0.2, 0.25) is 0 Å². The zero-order valence-electron chi connectivity index (χ0n) is 47.0. The lowest BCUT2D eigenvalue weighted by atomic mass is 9.72. The van der Waals surface area contributed by atoms with E-state index in [4.69, 9.17) is 47.6 Å². The first kappa shape index (κ1) is 61.3. The molecule has 0 radical (unpaired) electrons. The number of ketones is 2. The second-order valence-corrected chi connectivity index (χ2v) is 25.6. The maximum absolute atomic E-state index is 14.3. The van der Waals surface area contributed by atoms with Gasteiger partial charge in [-0.2, -0.15) is 35.3 Å². The van der Waals surface area contributed by atoms with E-state index in [2.05, 4.69) is 33.2 Å². The number of phenols is 2. The molecule has 3 aromatic rings. The topological polar surface area (TPSA) is 281 Å². The maximum atomic E-state index is 14.3. The molecular formula is C58H75N5O17S3. The molecule has 3 amide bonds. The van der Waals surface area contributed by atoms with Crippen LogP contribution in [-0.2, 0) is 65.5 Å². The number of hydrogen-bond donors (Lipinski definition) is 6. The summed E-state index contributed by atoms with van der Waals surface area (Å²) >= 11 is 5.48. The summed E-state index contributed by atoms with van der Waals surface area (Å²) in [6, 6.07) is 8.27. The van der Waals surface area contributed by atoms with Crippen LogP contribution in [-0.4, -0.2) is 186 Å². The number of carbonyl (C=O) groups excluding carboxylic acids is 5. The monoisotopic (exact) mass is 1210 g/mol. The number of carbonyl (C=O) groups is 5. The minimum atomic E-state index is -2.41. The first-order valence-electron chi connectivity index (χ1n) is 28.6. The molecule has 83 heavy (non-hydrogen) atoms. The molecule has 6 N–H and O–H groups in total. The van der Waals surface area contributed by atoms with Gasteiger partial charge in [-0.15, -0.1) is 0 Å². The third-order valence-electron chi connectivity index (χ3n) is 16.2. The Kier molecular flexibility index (Phi) is 20.8. The number of nitrogens with one attached hydrogen (secondary N) is 3. The largest absolute Gasteiger partial charge is 0.507 e. The number of amides is 3. The number of morpholine rings is 1. The number of phenolic OH excluding ortho intramolecular Hbond substituents is 2. The molecule has 4 aliphatic heterocycles. The summed E-state index contributed by atoms with van der Waals surface area (Å²) in [6.07, 6.45) is 2.52. The van der Waals surface area contributed by atoms with Gasteiger partial charge in [0.15, 0.2) is 30.2 Å². The zero-order chi connectivity index (χ0) is 58.2. The van der Waals surface area contributed by atoms with Crippen LogP contribution in [0.15, 0.2) is 30.3 Å². The highest BCUT2D eigenvalue weighted by Crippen LogP contribution is 2.53. The predicted molar refractivity (Wildman–Crippen MR) is 307 cm³/mol. The number of thioether (sulfide) groups is 3. The molecule has 1 aromatic heterocycles. The van der Waals surface area contributed by atoms with Crippen LogP contribution in [0.4, 0.5) is 0 Å². The minimum absolute atomic E-state index is 0.0277. The molecule has 4 fully saturated rings. The SMILES string of the molecule is COc1cccc2c1C(=O)c1c(O)c3c(c(O)c1C2=O)C[C@@](O)(C(=O)NNC(=O)CCSCCNC(=O)CCOCCOCCOc1cc2nc(c1)CSC1CCCCCC(C1)SC2)C[C@@H]3O[C@H]1C[C@H]2[C@H](O[C@@H]3[C@@H](OC)OCCN32)[C@H](C)O1. The van der Waals surface area contributed by atoms with Crippen LogP contribution < -0.4 is 25.6 Å². The number of methoxy groups -OCH3 is 2. The highest BCUT2D eigenvalue weighted by Gasteiger charge is 2.55. The lowest BCUT2D eigenvalue weighted by molar-refractivity contribution is -0.256. The van der Waals surface area contributed by atoms with E-state index in [1.165, 1.54) is 82.7 Å². The first-order chi connectivity index (χ1) is 40.2. The average molecular weight is 1210 g/mol. The van der Waals surface area contributed by atoms with E-state index in [0.29, 0.717) is 68.1 Å². The zero-order valence-corrected chi connectivity index (χ0v) is 49.5. The molecule has 452 valence electrons. The van der Waals surface area contributed by atoms with Crippen molar-refractivity contribution in [3.05, 3.63) is 75.1 Å². The van der Waals surface area contributed by atoms with E-state index in [0.717, 1.165) is 28.6 Å². The fourth-order valence-corrected chi connectivity index (χ4v) is 15.6. The Balaban J connectivity index is 0.658. The van der Waals surface area contributed by atoms with E-state index >= 15 is 0 Å². The molecule has 5 heterocycles. The molecule has 3 saturated heterocycles. The number of hydrogen-bond acceptors (Lipinski definition) is 22. The van der Waals surface area contributed by atoms with Gasteiger partial charge in [-0.1, -0.05) is 31.4 Å². The van der Waals surface area contributed by atoms with Gasteiger partial charge in [-0.05, 0) is 32.3 Å². The molecule has 25 heteroatoms. The van der Waals surface area contributed by atoms with Crippen LogP contribution in [0.1, 0.15) is 132 Å². The summed E-state index contributed by atoms with van der Waals surface area (Å²) in [4.78, 5) is 74.9. The van der Waals surface area contributed by atoms with E-state index in [-0.39, 0.29) is 65.8 Å². The second-order valence-electron chi connectivity index (χ2n) is 21.8. The van der Waals surface area contributed by atoms with E-state index in [1.807, 2.05) is 30.4 Å². The van der Waals surface area contributed by atoms with E-state index in [1.54, 1.807) is 0 Å². The number of benzene rings is 2. The third kappa shape index (κ3) is 14.2. The van der Waals surface area contributed by atoms with Crippen molar-refractivity contribution in [2.24, 2.45) is 0 Å². The predicted octanol–water partition coefficient (Wildman–Crippen LogP) is 5.01. The molecule has 22 nitrogen and oxygen atoms in total. The van der Waals surface area contributed by atoms with Crippen molar-refractivity contribution in [1.29, 1.82) is 0 Å². The van der Waals surface area contributed by atoms with E-state index in [9.17, 15) is 39.3 Å². The summed E-state index contributed by atoms with van der Waals surface area (Å²) in [6.45, 7) is 4.83. The summed E-state index contributed by atoms with van der Waals surface area (Å²) in [5, 5.41) is 40.6. The van der Waals surface area contributed by atoms with Crippen molar-refractivity contribution in [3.63, 3.8) is 0 Å². The van der Waals surface area contributed by atoms with Gasteiger partial charge in [0.25, 0.3) is 5.91 Å². The Hall–Kier alpha value is -4.77. The Morgan fingerprint density at radius 1 is 0.855 bits per heavy atom. The van der Waals surface area contributed by atoms with Crippen molar-refractivity contribution in [3.8, 4) is 23.0 Å². The Morgan fingerprint density at radius 3 is 2.34 bits per heavy atom. The first-order valence-corrected chi connectivity index (χ1v) is 31.9. The van der Waals surface area contributed by atoms with Gasteiger partial charge >= 0.3 is 0 Å². The van der Waals surface area contributed by atoms with Crippen molar-refractivity contribution in [2.45, 2.75) is 148 Å². The second kappa shape index (κ2) is 28.2. The molecule has 10 atom stereocenters. The van der Waals surface area contributed by atoms with Gasteiger partial charge in [0.1, 0.15) is 35.7 Å². The summed E-state index contributed by atoms with van der Waals surface area (Å²) in [5.74, 6) is -1.22. The fourth-order valence-electron chi connectivity index (χ4n) is 12.1. The Labute approximate surface area is 495 Å². The molecule has 4 bridgehead atoms. The van der Waals surface area contributed by atoms with Crippen molar-refractivity contribution < 1.29 is 81.9 Å². The van der Waals surface area contributed by atoms with Gasteiger partial charge in [0, 0.05) is 121 Å². The standard InChI is InChI=1S/C58H75N5O17S3/c1-32-54-40(63-15-17-77-56(73-3)55(63)80-54)27-45(78-32)79-42-29-58(71,28-39-47(42)53(69)49-48(51(39)67)50(66)38-10-7-11-41(72-2)46(38)52(49)68)57(70)62-61-44(65)13-22-81-23-14-59-43(64)12-16-74-18-19-75-20-21-76-35-24-33-30-82-36-8-5-4-6-9-37(26-36)83-31-34(25-35)60-33/h7,10-11,24-25,32,36-37,40,42,45,54-56,67,69,71H,4-6,8-9,12-23,26-31H2,1-3H3,(H,59,64)(H,61,65)(H,62,70)/t32-,36?,37?,40-,42-,45-,54+,55+,56-,58-/m0/s1. The maximum Gasteiger partial charge on any atom is 0.270 e. The van der Waals surface area contributed by atoms with Gasteiger partial charge in [0.05, 0.1) is 80.4 Å². The molecule has 0 spiro atoms. The molecule has 3 aliphatic carbocycles. The quantitative estimate of drug-likeness (QED) is 0.0363. The van der Waals surface area contributed by atoms with Crippen LogP contribution >= 0.6 is 35.3 Å². The number of rotatable bonds is 21. The van der Waals surface area contributed by atoms with Gasteiger partial charge in [-0.3, -0.25) is 44.7 Å². The number of aromatic hydroxyl groups is 2. The number of ether oxygens (including phenoxy) is 9. The van der Waals surface area contributed by atoms with Crippen molar-refractivity contribution in [1.82, 2.24) is 26.1 Å². The van der Waals surface area contributed by atoms with Crippen LogP contribution in [0.5, 0.6) is 23.0 Å². The lowest BCUT2D eigenvalue weighted by Crippen LogP contribution is -2.57. The number of hydrazine groups is 1. The minimum Gasteiger partial charge on any atom is -0.507 e. The van der Waals surface area contributed by atoms with Crippen molar-refractivity contribution >= 4 is 64.6 Å². The highest BCUT2D eigenvalue weighted by molar-refractivity contribution is 8.00. The summed E-state index contributed by atoms with van der Waals surface area (Å²) < 4.78 is 53.4. The molecule has 2 unspecified atom stereocenters. The summed E-state index contributed by atoms with van der Waals surface area (Å²) in [7, 11) is 2.87. The van der Waals surface area contributed by atoms with Crippen LogP contribution in [0.3, 0.4) is 0 Å². The van der Waals surface area contributed by atoms with E-state index < -0.39 is 102 Å². The lowest BCUT2D eigenvalue weighted by Gasteiger charge is -2.43. The number of nitrogens with zero attached hydrogens (tertiary/aromatic N) is 2. The number of fused-ring (bicyclic) bond motifs is 10. The van der Waals surface area contributed by atoms with Gasteiger partial charge < -0.3 is 63.3 Å². The molecule has 2 aromatic carbocycles. The normalized spacial score (nSPS) is 27.5. The van der Waals surface area contributed by atoms with Crippen molar-refractivity contribution in [2.75, 3.05) is 78.5 Å². The Morgan fingerprint density at radius 2 is 1.59 bits per heavy atom. The molecule has 10 rings (SSSR count). The van der Waals surface area contributed by atoms with Crippen LogP contribution in [0, 0.1) is 0 Å². The number of aromatic nitrogens is 1. The molecule has 1 saturated carbocycles. The smallest absolute Gasteiger partial charge is 0.270 e. The fraction of sp³-hybridized carbons (Fsp3) is 0.621. The number of pyridine rings is 1. The van der Waals surface area contributed by atoms with Crippen LogP contribution in [0.25, 0.3) is 0 Å². The highest BCUT2D eigenvalue weighted by atomic mass is 32.2. The molecular weight excluding hydrogens is 1130 g/mol.